The smallest absolute Gasteiger partial charge is 0.143 e. The second-order valence-corrected chi connectivity index (χ2v) is 16.0. The van der Waals surface area contributed by atoms with Crippen molar-refractivity contribution in [2.45, 2.75) is 0 Å². The molecule has 0 fully saturated rings. The minimum Gasteiger partial charge on any atom is -0.455 e. The van der Waals surface area contributed by atoms with Crippen molar-refractivity contribution in [2.75, 3.05) is 4.90 Å². The van der Waals surface area contributed by atoms with Gasteiger partial charge in [-0.15, -0.1) is 11.3 Å². The lowest BCUT2D eigenvalue weighted by atomic mass is 10.00. The first-order valence-corrected chi connectivity index (χ1v) is 20.5. The molecular formula is C54H34N2OS. The number of hydrogen-bond acceptors (Lipinski definition) is 3. The molecule has 12 aromatic rings. The van der Waals surface area contributed by atoms with Crippen LogP contribution >= 0.6 is 11.3 Å². The second-order valence-electron chi connectivity index (χ2n) is 14.9. The molecule has 3 aromatic heterocycles. The van der Waals surface area contributed by atoms with Gasteiger partial charge in [-0.25, -0.2) is 0 Å². The van der Waals surface area contributed by atoms with Crippen LogP contribution in [-0.4, -0.2) is 4.57 Å². The van der Waals surface area contributed by atoms with E-state index in [0.717, 1.165) is 55.8 Å². The Kier molecular flexibility index (Phi) is 7.40. The van der Waals surface area contributed by atoms with Gasteiger partial charge in [-0.1, -0.05) is 121 Å². The van der Waals surface area contributed by atoms with Crippen molar-refractivity contribution in [3.63, 3.8) is 0 Å². The first kappa shape index (κ1) is 32.8. The van der Waals surface area contributed by atoms with Crippen LogP contribution in [0.4, 0.5) is 17.1 Å². The van der Waals surface area contributed by atoms with Gasteiger partial charge in [-0.3, -0.25) is 0 Å². The van der Waals surface area contributed by atoms with E-state index >= 15 is 0 Å². The predicted molar refractivity (Wildman–Crippen MR) is 247 cm³/mol. The number of aromatic nitrogens is 1. The van der Waals surface area contributed by atoms with Crippen molar-refractivity contribution < 1.29 is 4.42 Å². The average molecular weight is 759 g/mol. The van der Waals surface area contributed by atoms with Gasteiger partial charge in [0.1, 0.15) is 11.2 Å². The molecular weight excluding hydrogens is 725 g/mol. The van der Waals surface area contributed by atoms with Crippen molar-refractivity contribution in [3.05, 3.63) is 206 Å². The third kappa shape index (κ3) is 5.19. The fraction of sp³-hybridized carbons (Fsp3) is 0. The van der Waals surface area contributed by atoms with Crippen molar-refractivity contribution in [1.29, 1.82) is 0 Å². The highest BCUT2D eigenvalue weighted by atomic mass is 32.1. The van der Waals surface area contributed by atoms with Crippen LogP contribution in [0.1, 0.15) is 0 Å². The molecule has 12 rings (SSSR count). The molecule has 0 aliphatic rings. The Bertz CT molecular complexity index is 3500. The van der Waals surface area contributed by atoms with Crippen LogP contribution in [0.2, 0.25) is 0 Å². The molecule has 0 aliphatic heterocycles. The van der Waals surface area contributed by atoms with E-state index in [1.165, 1.54) is 53.1 Å². The van der Waals surface area contributed by atoms with E-state index < -0.39 is 0 Å². The Morgan fingerprint density at radius 2 is 1.02 bits per heavy atom. The van der Waals surface area contributed by atoms with Gasteiger partial charge >= 0.3 is 0 Å². The number of rotatable bonds is 6. The SMILES string of the molecule is c1ccc(-c2ccc3c(c2)c2ccccc2n3-c2cc(-c3ccc(N(c4ccccc4)c4ccc5sc6ccccc6c5c4)cc3)c3oc4ccccc4c3c2)cc1. The maximum absolute atomic E-state index is 6.72. The highest BCUT2D eigenvalue weighted by Crippen LogP contribution is 2.44. The summed E-state index contributed by atoms with van der Waals surface area (Å²) in [6.45, 7) is 0. The number of para-hydroxylation sites is 3. The van der Waals surface area contributed by atoms with Crippen molar-refractivity contribution in [1.82, 2.24) is 4.57 Å². The van der Waals surface area contributed by atoms with E-state index in [2.05, 4.69) is 210 Å². The van der Waals surface area contributed by atoms with Crippen LogP contribution in [0.15, 0.2) is 211 Å². The minimum absolute atomic E-state index is 0.883. The molecule has 3 nitrogen and oxygen atoms in total. The molecule has 3 heterocycles. The Hall–Kier alpha value is -7.40. The molecule has 272 valence electrons. The van der Waals surface area contributed by atoms with Gasteiger partial charge in [0.25, 0.3) is 0 Å². The number of benzene rings is 9. The lowest BCUT2D eigenvalue weighted by Crippen LogP contribution is -2.09. The summed E-state index contributed by atoms with van der Waals surface area (Å²) >= 11 is 1.85. The molecule has 0 amide bonds. The summed E-state index contributed by atoms with van der Waals surface area (Å²) in [5.41, 5.74) is 13.1. The summed E-state index contributed by atoms with van der Waals surface area (Å²) in [5, 5.41) is 7.24. The highest BCUT2D eigenvalue weighted by Gasteiger charge is 2.20. The molecule has 0 saturated heterocycles. The van der Waals surface area contributed by atoms with Crippen molar-refractivity contribution in [2.24, 2.45) is 0 Å². The van der Waals surface area contributed by atoms with E-state index in [4.69, 9.17) is 4.42 Å². The molecule has 0 aliphatic carbocycles. The number of fused-ring (bicyclic) bond motifs is 9. The van der Waals surface area contributed by atoms with E-state index in [1.807, 2.05) is 17.4 Å². The molecule has 58 heavy (non-hydrogen) atoms. The first-order chi connectivity index (χ1) is 28.7. The summed E-state index contributed by atoms with van der Waals surface area (Å²) in [4.78, 5) is 2.35. The predicted octanol–water partition coefficient (Wildman–Crippen LogP) is 15.9. The number of hydrogen-bond donors (Lipinski definition) is 0. The van der Waals surface area contributed by atoms with Gasteiger partial charge < -0.3 is 13.9 Å². The van der Waals surface area contributed by atoms with Gasteiger partial charge in [0.2, 0.25) is 0 Å². The number of thiophene rings is 1. The minimum atomic E-state index is 0.883. The fourth-order valence-electron chi connectivity index (χ4n) is 8.88. The molecule has 0 saturated carbocycles. The van der Waals surface area contributed by atoms with Crippen LogP contribution in [0, 0.1) is 0 Å². The van der Waals surface area contributed by atoms with Crippen molar-refractivity contribution in [3.8, 4) is 27.9 Å². The van der Waals surface area contributed by atoms with Gasteiger partial charge in [0, 0.05) is 70.0 Å². The zero-order chi connectivity index (χ0) is 38.2. The molecule has 4 heteroatoms. The maximum Gasteiger partial charge on any atom is 0.143 e. The molecule has 0 radical (unpaired) electrons. The molecule has 0 spiro atoms. The van der Waals surface area contributed by atoms with Crippen LogP contribution in [0.3, 0.4) is 0 Å². The lowest BCUT2D eigenvalue weighted by Gasteiger charge is -2.26. The molecule has 9 aromatic carbocycles. The maximum atomic E-state index is 6.72. The highest BCUT2D eigenvalue weighted by molar-refractivity contribution is 7.25. The van der Waals surface area contributed by atoms with E-state index in [-0.39, 0.29) is 0 Å². The summed E-state index contributed by atoms with van der Waals surface area (Å²) in [7, 11) is 0. The Balaban J connectivity index is 1.04. The summed E-state index contributed by atoms with van der Waals surface area (Å²) in [5.74, 6) is 0. The van der Waals surface area contributed by atoms with Gasteiger partial charge in [0.05, 0.1) is 11.0 Å². The van der Waals surface area contributed by atoms with Crippen LogP contribution in [0.5, 0.6) is 0 Å². The second kappa shape index (κ2) is 13.1. The summed E-state index contributed by atoms with van der Waals surface area (Å²) < 4.78 is 11.7. The van der Waals surface area contributed by atoms with Crippen LogP contribution in [0.25, 0.3) is 91.9 Å². The number of anilines is 3. The van der Waals surface area contributed by atoms with Gasteiger partial charge in [-0.05, 0) is 102 Å². The van der Waals surface area contributed by atoms with E-state index in [1.54, 1.807) is 0 Å². The van der Waals surface area contributed by atoms with Crippen LogP contribution < -0.4 is 4.90 Å². The average Bonchev–Trinajstić information content (AvgIpc) is 3.96. The van der Waals surface area contributed by atoms with Gasteiger partial charge in [-0.2, -0.15) is 0 Å². The number of nitrogens with zero attached hydrogens (tertiary/aromatic N) is 2. The third-order valence-electron chi connectivity index (χ3n) is 11.6. The standard InChI is InChI=1S/C54H34N2OS/c1-3-13-35(14-4-1)37-25-29-50-46(31-37)42-17-7-10-20-49(42)56(50)41-33-45(54-48(34-41)43-18-8-11-21-51(43)57-54)36-23-26-39(27-24-36)55(38-15-5-2-6-16-38)40-28-30-53-47(32-40)44-19-9-12-22-52(44)58-53/h1-34H. The zero-order valence-electron chi connectivity index (χ0n) is 31.3. The van der Waals surface area contributed by atoms with Gasteiger partial charge in [0.15, 0.2) is 0 Å². The summed E-state index contributed by atoms with van der Waals surface area (Å²) in [6, 6.07) is 74.4. The largest absolute Gasteiger partial charge is 0.455 e. The molecule has 0 unspecified atom stereocenters. The fourth-order valence-corrected chi connectivity index (χ4v) is 9.97. The Labute approximate surface area is 338 Å². The van der Waals surface area contributed by atoms with E-state index in [9.17, 15) is 0 Å². The topological polar surface area (TPSA) is 21.3 Å². The lowest BCUT2D eigenvalue weighted by molar-refractivity contribution is 0.670. The zero-order valence-corrected chi connectivity index (χ0v) is 32.2. The first-order valence-electron chi connectivity index (χ1n) is 19.7. The van der Waals surface area contributed by atoms with E-state index in [0.29, 0.717) is 0 Å². The normalized spacial score (nSPS) is 11.8. The van der Waals surface area contributed by atoms with Crippen molar-refractivity contribution >= 4 is 92.3 Å². The monoisotopic (exact) mass is 758 g/mol. The third-order valence-corrected chi connectivity index (χ3v) is 12.7. The number of furan rings is 1. The van der Waals surface area contributed by atoms with Crippen LogP contribution in [-0.2, 0) is 0 Å². The quantitative estimate of drug-likeness (QED) is 0.168. The summed E-state index contributed by atoms with van der Waals surface area (Å²) in [6.07, 6.45) is 0. The molecule has 0 N–H and O–H groups in total. The Morgan fingerprint density at radius 3 is 1.86 bits per heavy atom. The molecule has 0 bridgehead atoms. The Morgan fingerprint density at radius 1 is 0.379 bits per heavy atom. The molecule has 0 atom stereocenters.